The van der Waals surface area contributed by atoms with Crippen LogP contribution in [-0.2, 0) is 21.6 Å². The third-order valence-corrected chi connectivity index (χ3v) is 5.57. The lowest BCUT2D eigenvalue weighted by molar-refractivity contribution is -0.120. The van der Waals surface area contributed by atoms with Crippen molar-refractivity contribution in [2.24, 2.45) is 5.73 Å². The number of anilines is 1. The van der Waals surface area contributed by atoms with E-state index in [1.54, 1.807) is 18.2 Å². The van der Waals surface area contributed by atoms with Crippen LogP contribution in [0.15, 0.2) is 48.5 Å². The number of amides is 2. The van der Waals surface area contributed by atoms with E-state index in [4.69, 9.17) is 22.1 Å². The summed E-state index contributed by atoms with van der Waals surface area (Å²) < 4.78 is 5.82. The minimum Gasteiger partial charge on any atom is -0.436 e. The Morgan fingerprint density at radius 3 is 2.79 bits per heavy atom. The van der Waals surface area contributed by atoms with E-state index in [0.717, 1.165) is 29.0 Å². The fourth-order valence-corrected chi connectivity index (χ4v) is 4.13. The summed E-state index contributed by atoms with van der Waals surface area (Å²) in [6.07, 6.45) is 1.18. The van der Waals surface area contributed by atoms with Crippen LogP contribution in [-0.4, -0.2) is 31.1 Å². The molecule has 2 aliphatic rings. The summed E-state index contributed by atoms with van der Waals surface area (Å²) >= 11 is 6.22. The summed E-state index contributed by atoms with van der Waals surface area (Å²) in [4.78, 5) is 27.0. The first kappa shape index (κ1) is 18.9. The zero-order chi connectivity index (χ0) is 19.7. The number of piperidine rings is 1. The molecule has 1 spiro atoms. The molecule has 28 heavy (non-hydrogen) atoms. The van der Waals surface area contributed by atoms with E-state index in [-0.39, 0.29) is 0 Å². The molecule has 146 valence electrons. The maximum atomic E-state index is 13.1. The van der Waals surface area contributed by atoms with Gasteiger partial charge in [0, 0.05) is 17.1 Å². The van der Waals surface area contributed by atoms with Crippen LogP contribution in [0.3, 0.4) is 0 Å². The molecule has 3 N–H and O–H groups in total. The number of carbonyl (C=O) groups is 2. The Hall–Kier alpha value is -2.41. The van der Waals surface area contributed by atoms with Crippen LogP contribution in [0.1, 0.15) is 24.0 Å². The van der Waals surface area contributed by atoms with Gasteiger partial charge in [-0.3, -0.25) is 4.79 Å². The maximum absolute atomic E-state index is 13.1. The summed E-state index contributed by atoms with van der Waals surface area (Å²) in [7, 11) is 0. The molecule has 0 unspecified atom stereocenters. The zero-order valence-electron chi connectivity index (χ0n) is 15.4. The van der Waals surface area contributed by atoms with Gasteiger partial charge in [-0.05, 0) is 49.6 Å². The lowest BCUT2D eigenvalue weighted by atomic mass is 9.84. The molecule has 2 amide bonds. The van der Waals surface area contributed by atoms with Gasteiger partial charge in [0.1, 0.15) is 0 Å². The normalized spacial score (nSPS) is 22.5. The minimum absolute atomic E-state index is 0.332. The molecule has 1 fully saturated rings. The molecular weight excluding hydrogens is 378 g/mol. The van der Waals surface area contributed by atoms with Crippen molar-refractivity contribution in [2.45, 2.75) is 30.9 Å². The van der Waals surface area contributed by atoms with Crippen molar-refractivity contribution < 1.29 is 14.3 Å². The summed E-state index contributed by atoms with van der Waals surface area (Å²) in [6.45, 7) is 1.35. The molecule has 1 saturated heterocycles. The van der Waals surface area contributed by atoms with E-state index in [2.05, 4.69) is 5.32 Å². The summed E-state index contributed by atoms with van der Waals surface area (Å²) in [5.41, 5.74) is 7.52. The Morgan fingerprint density at radius 2 is 2.07 bits per heavy atom. The largest absolute Gasteiger partial charge is 0.436 e. The number of ether oxygens (including phenoxy) is 1. The van der Waals surface area contributed by atoms with E-state index in [0.29, 0.717) is 30.1 Å². The van der Waals surface area contributed by atoms with Gasteiger partial charge in [0.2, 0.25) is 0 Å². The third-order valence-electron chi connectivity index (χ3n) is 5.34. The second kappa shape index (κ2) is 7.54. The SMILES string of the molecule is N[C@@H](Cc1ccccc1)C(=O)N1C(=O)O[C@]2(CCCNC2)c2cc(Cl)ccc21. The van der Waals surface area contributed by atoms with Crippen molar-refractivity contribution >= 4 is 29.3 Å². The van der Waals surface area contributed by atoms with Crippen molar-refractivity contribution in [3.63, 3.8) is 0 Å². The van der Waals surface area contributed by atoms with Crippen LogP contribution in [0.25, 0.3) is 0 Å². The highest BCUT2D eigenvalue weighted by molar-refractivity contribution is 6.31. The van der Waals surface area contributed by atoms with E-state index >= 15 is 0 Å². The van der Waals surface area contributed by atoms with Gasteiger partial charge in [-0.1, -0.05) is 41.9 Å². The smallest absolute Gasteiger partial charge is 0.422 e. The molecule has 7 heteroatoms. The predicted molar refractivity (Wildman–Crippen MR) is 107 cm³/mol. The lowest BCUT2D eigenvalue weighted by Gasteiger charge is -2.44. The van der Waals surface area contributed by atoms with Gasteiger partial charge in [0.25, 0.3) is 5.91 Å². The van der Waals surface area contributed by atoms with Gasteiger partial charge >= 0.3 is 6.09 Å². The number of nitrogens with two attached hydrogens (primary N) is 1. The molecule has 6 nitrogen and oxygen atoms in total. The Labute approximate surface area is 168 Å². The van der Waals surface area contributed by atoms with E-state index in [1.807, 2.05) is 30.3 Å². The molecule has 2 aliphatic heterocycles. The Morgan fingerprint density at radius 1 is 1.29 bits per heavy atom. The summed E-state index contributed by atoms with van der Waals surface area (Å²) in [6, 6.07) is 13.8. The number of fused-ring (bicyclic) bond motifs is 2. The van der Waals surface area contributed by atoms with Crippen LogP contribution in [0.4, 0.5) is 10.5 Å². The molecule has 2 aromatic rings. The molecule has 2 atom stereocenters. The predicted octanol–water partition coefficient (Wildman–Crippen LogP) is 2.97. The molecule has 2 heterocycles. The fraction of sp³-hybridized carbons (Fsp3) is 0.333. The van der Waals surface area contributed by atoms with Crippen LogP contribution in [0.5, 0.6) is 0 Å². The van der Waals surface area contributed by atoms with Crippen molar-refractivity contribution in [3.05, 3.63) is 64.7 Å². The molecular formula is C21H22ClN3O3. The van der Waals surface area contributed by atoms with Gasteiger partial charge in [-0.2, -0.15) is 0 Å². The van der Waals surface area contributed by atoms with Gasteiger partial charge < -0.3 is 15.8 Å². The number of nitrogens with zero attached hydrogens (tertiary/aromatic N) is 1. The average molecular weight is 400 g/mol. The van der Waals surface area contributed by atoms with E-state index < -0.39 is 23.6 Å². The number of hydrogen-bond donors (Lipinski definition) is 2. The van der Waals surface area contributed by atoms with Crippen LogP contribution >= 0.6 is 11.6 Å². The number of nitrogens with one attached hydrogen (secondary N) is 1. The van der Waals surface area contributed by atoms with E-state index in [1.165, 1.54) is 0 Å². The third kappa shape index (κ3) is 3.39. The first-order valence-corrected chi connectivity index (χ1v) is 9.75. The molecule has 2 aromatic carbocycles. The Balaban J connectivity index is 1.68. The molecule has 0 saturated carbocycles. The first-order chi connectivity index (χ1) is 13.5. The van der Waals surface area contributed by atoms with Gasteiger partial charge in [0.05, 0.1) is 11.7 Å². The highest BCUT2D eigenvalue weighted by Gasteiger charge is 2.48. The highest BCUT2D eigenvalue weighted by Crippen LogP contribution is 2.44. The summed E-state index contributed by atoms with van der Waals surface area (Å²) in [5.74, 6) is -0.490. The first-order valence-electron chi connectivity index (χ1n) is 9.37. The quantitative estimate of drug-likeness (QED) is 0.828. The van der Waals surface area contributed by atoms with E-state index in [9.17, 15) is 9.59 Å². The number of hydrogen-bond acceptors (Lipinski definition) is 5. The van der Waals surface area contributed by atoms with Gasteiger partial charge in [0.15, 0.2) is 5.60 Å². The van der Waals surface area contributed by atoms with Crippen LogP contribution in [0.2, 0.25) is 5.02 Å². The van der Waals surface area contributed by atoms with Crippen LogP contribution < -0.4 is 16.0 Å². The second-order valence-electron chi connectivity index (χ2n) is 7.27. The zero-order valence-corrected chi connectivity index (χ0v) is 16.1. The van der Waals surface area contributed by atoms with Gasteiger partial charge in [-0.15, -0.1) is 0 Å². The maximum Gasteiger partial charge on any atom is 0.422 e. The van der Waals surface area contributed by atoms with Crippen LogP contribution in [0, 0.1) is 0 Å². The Bertz CT molecular complexity index is 897. The topological polar surface area (TPSA) is 84.7 Å². The molecule has 0 aromatic heterocycles. The average Bonchev–Trinajstić information content (AvgIpc) is 2.70. The van der Waals surface area contributed by atoms with Gasteiger partial charge in [-0.25, -0.2) is 9.69 Å². The standard InChI is InChI=1S/C21H22ClN3O3/c22-15-7-8-18-16(12-15)21(9-4-10-24-13-21)28-20(27)25(18)19(26)17(23)11-14-5-2-1-3-6-14/h1-3,5-8,12,17,24H,4,9-11,13,23H2/t17-,21-/m0/s1. The van der Waals surface area contributed by atoms with Crippen molar-refractivity contribution in [2.75, 3.05) is 18.0 Å². The monoisotopic (exact) mass is 399 g/mol. The molecule has 0 bridgehead atoms. The number of benzene rings is 2. The van der Waals surface area contributed by atoms with Crippen molar-refractivity contribution in [1.29, 1.82) is 0 Å². The number of imide groups is 1. The summed E-state index contributed by atoms with van der Waals surface area (Å²) in [5, 5.41) is 3.81. The Kier molecular flexibility index (Phi) is 5.10. The van der Waals surface area contributed by atoms with Crippen molar-refractivity contribution in [1.82, 2.24) is 5.32 Å². The second-order valence-corrected chi connectivity index (χ2v) is 7.71. The minimum atomic E-state index is -0.864. The molecule has 4 rings (SSSR count). The number of halogens is 1. The van der Waals surface area contributed by atoms with Crippen molar-refractivity contribution in [3.8, 4) is 0 Å². The molecule has 0 radical (unpaired) electrons. The number of carbonyl (C=O) groups excluding carboxylic acids is 2. The fourth-order valence-electron chi connectivity index (χ4n) is 3.96. The number of rotatable bonds is 3. The highest BCUT2D eigenvalue weighted by atomic mass is 35.5. The lowest BCUT2D eigenvalue weighted by Crippen LogP contribution is -2.57. The molecule has 0 aliphatic carbocycles.